The molecule has 0 radical (unpaired) electrons. The summed E-state index contributed by atoms with van der Waals surface area (Å²) in [5, 5.41) is 16.4. The van der Waals surface area contributed by atoms with Gasteiger partial charge in [0.15, 0.2) is 0 Å². The van der Waals surface area contributed by atoms with E-state index in [-0.39, 0.29) is 11.5 Å². The zero-order valence-electron chi connectivity index (χ0n) is 15.3. The number of carboxylic acids is 1. The Bertz CT molecular complexity index is 1230. The fourth-order valence-electron chi connectivity index (χ4n) is 3.05. The summed E-state index contributed by atoms with van der Waals surface area (Å²) < 4.78 is 1.03. The Morgan fingerprint density at radius 1 is 1.04 bits per heavy atom. The van der Waals surface area contributed by atoms with E-state index in [1.165, 1.54) is 4.90 Å². The summed E-state index contributed by atoms with van der Waals surface area (Å²) in [6.07, 6.45) is 0. The van der Waals surface area contributed by atoms with E-state index in [1.54, 1.807) is 55.8 Å². The topological polar surface area (TPSA) is 82.5 Å². The first-order valence-corrected chi connectivity index (χ1v) is 9.45. The Morgan fingerprint density at radius 3 is 2.61 bits per heavy atom. The number of carboxylic acid groups (broad SMARTS) is 1. The second-order valence-electron chi connectivity index (χ2n) is 6.57. The number of rotatable bonds is 4. The molecule has 4 aromatic rings. The quantitative estimate of drug-likeness (QED) is 0.532. The molecule has 7 heteroatoms. The lowest BCUT2D eigenvalue weighted by atomic mass is 10.1. The minimum absolute atomic E-state index is 0.0816. The van der Waals surface area contributed by atoms with Crippen LogP contribution in [0.25, 0.3) is 21.0 Å². The molecule has 0 aliphatic carbocycles. The highest BCUT2D eigenvalue weighted by Gasteiger charge is 2.13. The van der Waals surface area contributed by atoms with Crippen LogP contribution in [0.1, 0.15) is 20.7 Å². The number of aromatic nitrogens is 1. The van der Waals surface area contributed by atoms with E-state index in [2.05, 4.69) is 10.3 Å². The van der Waals surface area contributed by atoms with Gasteiger partial charge in [0.25, 0.3) is 5.91 Å². The third-order valence-electron chi connectivity index (χ3n) is 4.42. The molecule has 1 amide bonds. The standard InChI is InChI=1S/C21H17N3O3S/c1-24(2)20(25)12-4-3-5-14(10-12)22-19-16-8-9-28-18(16)15-7-6-13(21(26)27)11-17(15)23-19/h3-11H,1-2H3,(H,22,23)(H,26,27). The number of hydrogen-bond acceptors (Lipinski definition) is 5. The summed E-state index contributed by atoms with van der Waals surface area (Å²) in [6.45, 7) is 0. The minimum Gasteiger partial charge on any atom is -0.478 e. The number of hydrogen-bond donors (Lipinski definition) is 2. The van der Waals surface area contributed by atoms with Crippen LogP contribution in [-0.4, -0.2) is 41.0 Å². The maximum absolute atomic E-state index is 12.2. The molecule has 0 spiro atoms. The highest BCUT2D eigenvalue weighted by atomic mass is 32.1. The molecule has 0 atom stereocenters. The number of carbonyl (C=O) groups excluding carboxylic acids is 1. The van der Waals surface area contributed by atoms with Gasteiger partial charge in [0.1, 0.15) is 5.82 Å². The van der Waals surface area contributed by atoms with Crippen LogP contribution in [0, 0.1) is 0 Å². The second-order valence-corrected chi connectivity index (χ2v) is 7.48. The number of aromatic carboxylic acids is 1. The normalized spacial score (nSPS) is 10.9. The molecule has 0 unspecified atom stereocenters. The van der Waals surface area contributed by atoms with Gasteiger partial charge in [-0.05, 0) is 41.8 Å². The highest BCUT2D eigenvalue weighted by molar-refractivity contribution is 7.18. The molecular formula is C21H17N3O3S. The zero-order chi connectivity index (χ0) is 19.8. The third kappa shape index (κ3) is 3.16. The molecule has 4 rings (SSSR count). The van der Waals surface area contributed by atoms with Gasteiger partial charge in [-0.25, -0.2) is 9.78 Å². The summed E-state index contributed by atoms with van der Waals surface area (Å²) in [4.78, 5) is 29.7. The highest BCUT2D eigenvalue weighted by Crippen LogP contribution is 2.35. The smallest absolute Gasteiger partial charge is 0.335 e. The van der Waals surface area contributed by atoms with E-state index in [1.807, 2.05) is 23.6 Å². The van der Waals surface area contributed by atoms with Gasteiger partial charge in [-0.15, -0.1) is 11.3 Å². The molecule has 2 heterocycles. The van der Waals surface area contributed by atoms with E-state index >= 15 is 0 Å². The number of nitrogens with zero attached hydrogens (tertiary/aromatic N) is 2. The van der Waals surface area contributed by atoms with Crippen LogP contribution >= 0.6 is 11.3 Å². The molecule has 0 fully saturated rings. The Kier molecular flexibility index (Phi) is 4.44. The molecule has 28 heavy (non-hydrogen) atoms. The van der Waals surface area contributed by atoms with Crippen molar-refractivity contribution in [2.45, 2.75) is 0 Å². The second kappa shape index (κ2) is 6.94. The van der Waals surface area contributed by atoms with Crippen molar-refractivity contribution >= 4 is 55.7 Å². The summed E-state index contributed by atoms with van der Waals surface area (Å²) in [5.41, 5.74) is 2.12. The van der Waals surface area contributed by atoms with E-state index in [4.69, 9.17) is 0 Å². The van der Waals surface area contributed by atoms with E-state index < -0.39 is 5.97 Å². The van der Waals surface area contributed by atoms with Crippen molar-refractivity contribution in [2.24, 2.45) is 0 Å². The van der Waals surface area contributed by atoms with E-state index in [0.717, 1.165) is 21.2 Å². The lowest BCUT2D eigenvalue weighted by Crippen LogP contribution is -2.21. The maximum atomic E-state index is 12.2. The fraction of sp³-hybridized carbons (Fsp3) is 0.0952. The Labute approximate surface area is 165 Å². The van der Waals surface area contributed by atoms with Crippen molar-refractivity contribution in [1.29, 1.82) is 0 Å². The number of pyridine rings is 1. The van der Waals surface area contributed by atoms with Crippen molar-refractivity contribution in [2.75, 3.05) is 19.4 Å². The van der Waals surface area contributed by atoms with Crippen LogP contribution in [0.4, 0.5) is 11.5 Å². The molecule has 6 nitrogen and oxygen atoms in total. The number of amides is 1. The fourth-order valence-corrected chi connectivity index (χ4v) is 3.99. The van der Waals surface area contributed by atoms with Crippen molar-refractivity contribution < 1.29 is 14.7 Å². The number of anilines is 2. The predicted octanol–water partition coefficient (Wildman–Crippen LogP) is 4.59. The van der Waals surface area contributed by atoms with Gasteiger partial charge in [-0.2, -0.15) is 0 Å². The molecule has 0 bridgehead atoms. The van der Waals surface area contributed by atoms with Crippen LogP contribution in [0.5, 0.6) is 0 Å². The summed E-state index contributed by atoms with van der Waals surface area (Å²) in [7, 11) is 3.42. The van der Waals surface area contributed by atoms with Crippen LogP contribution in [0.3, 0.4) is 0 Å². The zero-order valence-corrected chi connectivity index (χ0v) is 16.1. The Hall–Kier alpha value is -3.45. The van der Waals surface area contributed by atoms with Crippen molar-refractivity contribution in [1.82, 2.24) is 9.88 Å². The Morgan fingerprint density at radius 2 is 1.86 bits per heavy atom. The lowest BCUT2D eigenvalue weighted by Gasteiger charge is -2.13. The van der Waals surface area contributed by atoms with Crippen molar-refractivity contribution in [3.8, 4) is 0 Å². The predicted molar refractivity (Wildman–Crippen MR) is 112 cm³/mol. The Balaban J connectivity index is 1.82. The minimum atomic E-state index is -0.987. The number of carbonyl (C=O) groups is 2. The van der Waals surface area contributed by atoms with Gasteiger partial charge >= 0.3 is 5.97 Å². The molecule has 140 valence electrons. The van der Waals surface area contributed by atoms with Gasteiger partial charge in [0.05, 0.1) is 11.1 Å². The van der Waals surface area contributed by atoms with E-state index in [0.29, 0.717) is 16.9 Å². The van der Waals surface area contributed by atoms with Crippen LogP contribution < -0.4 is 5.32 Å². The monoisotopic (exact) mass is 391 g/mol. The summed E-state index contributed by atoms with van der Waals surface area (Å²) >= 11 is 1.58. The van der Waals surface area contributed by atoms with Crippen molar-refractivity contribution in [3.63, 3.8) is 0 Å². The first-order valence-electron chi connectivity index (χ1n) is 8.57. The van der Waals surface area contributed by atoms with Crippen LogP contribution in [0.2, 0.25) is 0 Å². The van der Waals surface area contributed by atoms with Gasteiger partial charge < -0.3 is 15.3 Å². The van der Waals surface area contributed by atoms with Crippen molar-refractivity contribution in [3.05, 3.63) is 65.0 Å². The first kappa shape index (κ1) is 17.9. The van der Waals surface area contributed by atoms with Gasteiger partial charge in [0.2, 0.25) is 0 Å². The molecule has 2 N–H and O–H groups in total. The third-order valence-corrected chi connectivity index (χ3v) is 5.37. The van der Waals surface area contributed by atoms with Crippen LogP contribution in [-0.2, 0) is 0 Å². The summed E-state index contributed by atoms with van der Waals surface area (Å²) in [6, 6.07) is 14.2. The molecule has 0 saturated heterocycles. The number of nitrogens with one attached hydrogen (secondary N) is 1. The molecular weight excluding hydrogens is 374 g/mol. The first-order chi connectivity index (χ1) is 13.4. The summed E-state index contributed by atoms with van der Waals surface area (Å²) in [5.74, 6) is -0.443. The molecule has 0 saturated carbocycles. The average Bonchev–Trinajstić information content (AvgIpc) is 3.17. The van der Waals surface area contributed by atoms with Gasteiger partial charge in [-0.3, -0.25) is 4.79 Å². The maximum Gasteiger partial charge on any atom is 0.335 e. The molecule has 2 aromatic carbocycles. The van der Waals surface area contributed by atoms with E-state index in [9.17, 15) is 14.7 Å². The molecule has 0 aliphatic heterocycles. The SMILES string of the molecule is CN(C)C(=O)c1cccc(Nc2nc3cc(C(=O)O)ccc3c3sccc23)c1. The number of benzene rings is 2. The van der Waals surface area contributed by atoms with Gasteiger partial charge in [0, 0.05) is 40.8 Å². The largest absolute Gasteiger partial charge is 0.478 e. The number of fused-ring (bicyclic) bond motifs is 3. The lowest BCUT2D eigenvalue weighted by molar-refractivity contribution is 0.0696. The number of thiophene rings is 1. The molecule has 2 aromatic heterocycles. The molecule has 0 aliphatic rings. The van der Waals surface area contributed by atoms with Crippen LogP contribution in [0.15, 0.2) is 53.9 Å². The average molecular weight is 391 g/mol. The van der Waals surface area contributed by atoms with Gasteiger partial charge in [-0.1, -0.05) is 12.1 Å².